The highest BCUT2D eigenvalue weighted by atomic mass is 79.9. The highest BCUT2D eigenvalue weighted by molar-refractivity contribution is 9.10. The fraction of sp³-hybridized carbons (Fsp3) is 0.143. The lowest BCUT2D eigenvalue weighted by molar-refractivity contribution is 0.0777. The van der Waals surface area contributed by atoms with Gasteiger partial charge < -0.3 is 4.90 Å². The highest BCUT2D eigenvalue weighted by Crippen LogP contribution is 2.22. The van der Waals surface area contributed by atoms with Crippen molar-refractivity contribution in [2.75, 3.05) is 7.05 Å². The van der Waals surface area contributed by atoms with Gasteiger partial charge in [-0.05, 0) is 40.2 Å². The summed E-state index contributed by atoms with van der Waals surface area (Å²) in [6, 6.07) is 7.88. The molecule has 1 aromatic carbocycles. The van der Waals surface area contributed by atoms with Gasteiger partial charge in [-0.25, -0.2) is 9.37 Å². The summed E-state index contributed by atoms with van der Waals surface area (Å²) in [6.07, 6.45) is 1.53. The largest absolute Gasteiger partial charge is 0.336 e. The smallest absolute Gasteiger partial charge is 0.273 e. The molecule has 104 valence electrons. The van der Waals surface area contributed by atoms with Gasteiger partial charge in [-0.1, -0.05) is 17.7 Å². The minimum Gasteiger partial charge on any atom is -0.336 e. The standard InChI is InChI=1S/C14H11BrClFN2O/c1-19(8-9-11(16)5-2-6-12(9)17)14(20)13-10(15)4-3-7-18-13/h2-7H,8H2,1H3. The number of nitrogens with zero attached hydrogens (tertiary/aromatic N) is 2. The highest BCUT2D eigenvalue weighted by Gasteiger charge is 2.18. The molecule has 1 aromatic heterocycles. The summed E-state index contributed by atoms with van der Waals surface area (Å²) in [5.41, 5.74) is 0.569. The third kappa shape index (κ3) is 3.16. The zero-order chi connectivity index (χ0) is 14.7. The van der Waals surface area contributed by atoms with Crippen LogP contribution in [-0.2, 0) is 6.54 Å². The van der Waals surface area contributed by atoms with Crippen LogP contribution in [0.25, 0.3) is 0 Å². The first kappa shape index (κ1) is 14.9. The topological polar surface area (TPSA) is 33.2 Å². The van der Waals surface area contributed by atoms with Crippen molar-refractivity contribution < 1.29 is 9.18 Å². The number of aromatic nitrogens is 1. The van der Waals surface area contributed by atoms with Crippen molar-refractivity contribution >= 4 is 33.4 Å². The van der Waals surface area contributed by atoms with Gasteiger partial charge in [0.15, 0.2) is 0 Å². The average Bonchev–Trinajstić information content (AvgIpc) is 2.42. The first-order valence-electron chi connectivity index (χ1n) is 5.79. The van der Waals surface area contributed by atoms with Gasteiger partial charge >= 0.3 is 0 Å². The van der Waals surface area contributed by atoms with Crippen LogP contribution in [0.15, 0.2) is 41.0 Å². The van der Waals surface area contributed by atoms with Crippen molar-refractivity contribution in [3.05, 3.63) is 63.1 Å². The molecule has 0 radical (unpaired) electrons. The molecule has 0 fully saturated rings. The van der Waals surface area contributed by atoms with Crippen LogP contribution in [-0.4, -0.2) is 22.8 Å². The van der Waals surface area contributed by atoms with Crippen LogP contribution in [0, 0.1) is 5.82 Å². The number of amides is 1. The van der Waals surface area contributed by atoms with Crippen LogP contribution in [0.2, 0.25) is 5.02 Å². The fourth-order valence-corrected chi connectivity index (χ4v) is 2.36. The second-order valence-corrected chi connectivity index (χ2v) is 5.46. The lowest BCUT2D eigenvalue weighted by Crippen LogP contribution is -2.27. The molecule has 6 heteroatoms. The number of carbonyl (C=O) groups is 1. The van der Waals surface area contributed by atoms with Crippen LogP contribution in [0.5, 0.6) is 0 Å². The van der Waals surface area contributed by atoms with Crippen LogP contribution in [0.4, 0.5) is 4.39 Å². The third-order valence-corrected chi connectivity index (χ3v) is 3.76. The molecule has 0 spiro atoms. The van der Waals surface area contributed by atoms with E-state index in [9.17, 15) is 9.18 Å². The van der Waals surface area contributed by atoms with Gasteiger partial charge in [0, 0.05) is 28.3 Å². The molecule has 2 aromatic rings. The number of benzene rings is 1. The van der Waals surface area contributed by atoms with Crippen molar-refractivity contribution in [3.63, 3.8) is 0 Å². The van der Waals surface area contributed by atoms with E-state index in [4.69, 9.17) is 11.6 Å². The molecule has 0 atom stereocenters. The van der Waals surface area contributed by atoms with Crippen molar-refractivity contribution in [1.82, 2.24) is 9.88 Å². The van der Waals surface area contributed by atoms with Gasteiger partial charge in [0.1, 0.15) is 11.5 Å². The van der Waals surface area contributed by atoms with Crippen LogP contribution >= 0.6 is 27.5 Å². The molecule has 20 heavy (non-hydrogen) atoms. The lowest BCUT2D eigenvalue weighted by Gasteiger charge is -2.18. The molecule has 0 unspecified atom stereocenters. The minimum absolute atomic E-state index is 0.0767. The molecule has 2 rings (SSSR count). The number of hydrogen-bond acceptors (Lipinski definition) is 2. The molecule has 3 nitrogen and oxygen atoms in total. The molecule has 1 heterocycles. The summed E-state index contributed by atoms with van der Waals surface area (Å²) < 4.78 is 14.3. The predicted molar refractivity (Wildman–Crippen MR) is 79.1 cm³/mol. The number of rotatable bonds is 3. The van der Waals surface area contributed by atoms with Gasteiger partial charge in [-0.2, -0.15) is 0 Å². The maximum absolute atomic E-state index is 13.7. The van der Waals surface area contributed by atoms with Gasteiger partial charge in [-0.3, -0.25) is 4.79 Å². The van der Waals surface area contributed by atoms with E-state index in [2.05, 4.69) is 20.9 Å². The monoisotopic (exact) mass is 356 g/mol. The Labute approximate surface area is 129 Å². The van der Waals surface area contributed by atoms with E-state index in [-0.39, 0.29) is 23.7 Å². The SMILES string of the molecule is CN(Cc1c(F)cccc1Cl)C(=O)c1ncccc1Br. The Morgan fingerprint density at radius 3 is 2.80 bits per heavy atom. The molecule has 0 saturated carbocycles. The van der Waals surface area contributed by atoms with Gasteiger partial charge in [0.2, 0.25) is 0 Å². The minimum atomic E-state index is -0.433. The molecule has 0 aliphatic heterocycles. The Kier molecular flexibility index (Phi) is 4.73. The third-order valence-electron chi connectivity index (χ3n) is 2.76. The van der Waals surface area contributed by atoms with Crippen molar-refractivity contribution in [2.24, 2.45) is 0 Å². The van der Waals surface area contributed by atoms with Crippen molar-refractivity contribution in [3.8, 4) is 0 Å². The Morgan fingerprint density at radius 2 is 2.15 bits per heavy atom. The summed E-state index contributed by atoms with van der Waals surface area (Å²) in [7, 11) is 1.58. The molecule has 0 N–H and O–H groups in total. The normalized spacial score (nSPS) is 10.4. The molecular weight excluding hydrogens is 347 g/mol. The van der Waals surface area contributed by atoms with E-state index >= 15 is 0 Å². The van der Waals surface area contributed by atoms with Crippen LogP contribution in [0.1, 0.15) is 16.1 Å². The molecule has 0 aliphatic carbocycles. The van der Waals surface area contributed by atoms with E-state index < -0.39 is 5.82 Å². The second kappa shape index (κ2) is 6.33. The van der Waals surface area contributed by atoms with Gasteiger partial charge in [-0.15, -0.1) is 0 Å². The molecular formula is C14H11BrClFN2O. The quantitative estimate of drug-likeness (QED) is 0.834. The fourth-order valence-electron chi connectivity index (χ4n) is 1.72. The Morgan fingerprint density at radius 1 is 1.40 bits per heavy atom. The average molecular weight is 358 g/mol. The van der Waals surface area contributed by atoms with Crippen molar-refractivity contribution in [1.29, 1.82) is 0 Å². The Hall–Kier alpha value is -1.46. The van der Waals surface area contributed by atoms with Crippen molar-refractivity contribution in [2.45, 2.75) is 6.54 Å². The Balaban J connectivity index is 2.23. The molecule has 0 saturated heterocycles. The van der Waals surface area contributed by atoms with E-state index in [0.717, 1.165) is 0 Å². The summed E-state index contributed by atoms with van der Waals surface area (Å²) in [5, 5.41) is 0.296. The van der Waals surface area contributed by atoms with Crippen LogP contribution in [0.3, 0.4) is 0 Å². The summed E-state index contributed by atoms with van der Waals surface area (Å²) in [6.45, 7) is 0.0767. The van der Waals surface area contributed by atoms with Gasteiger partial charge in [0.05, 0.1) is 6.54 Å². The molecule has 0 bridgehead atoms. The zero-order valence-electron chi connectivity index (χ0n) is 10.6. The Bertz CT molecular complexity index is 631. The summed E-state index contributed by atoms with van der Waals surface area (Å²) in [4.78, 5) is 17.7. The van der Waals surface area contributed by atoms with Crippen LogP contribution < -0.4 is 0 Å². The number of pyridine rings is 1. The zero-order valence-corrected chi connectivity index (χ0v) is 12.9. The van der Waals surface area contributed by atoms with E-state index in [0.29, 0.717) is 9.50 Å². The first-order chi connectivity index (χ1) is 9.50. The first-order valence-corrected chi connectivity index (χ1v) is 6.96. The maximum Gasteiger partial charge on any atom is 0.273 e. The second-order valence-electron chi connectivity index (χ2n) is 4.20. The van der Waals surface area contributed by atoms with E-state index in [1.807, 2.05) is 0 Å². The van der Waals surface area contributed by atoms with E-state index in [1.54, 1.807) is 25.2 Å². The number of carbonyl (C=O) groups excluding carboxylic acids is 1. The lowest BCUT2D eigenvalue weighted by atomic mass is 10.2. The summed E-state index contributed by atoms with van der Waals surface area (Å²) >= 11 is 9.22. The van der Waals surface area contributed by atoms with E-state index in [1.165, 1.54) is 23.2 Å². The summed E-state index contributed by atoms with van der Waals surface area (Å²) in [5.74, 6) is -0.742. The maximum atomic E-state index is 13.7. The molecule has 1 amide bonds. The van der Waals surface area contributed by atoms with Gasteiger partial charge in [0.25, 0.3) is 5.91 Å². The number of hydrogen-bond donors (Lipinski definition) is 0. The number of halogens is 3. The molecule has 0 aliphatic rings. The predicted octanol–water partition coefficient (Wildman–Crippen LogP) is 3.91.